The molecule has 0 aromatic rings. The lowest BCUT2D eigenvalue weighted by Gasteiger charge is -1.97. The predicted molar refractivity (Wildman–Crippen MR) is 18.7 cm³/mol. The second-order valence-electron chi connectivity index (χ2n) is 1.18. The van der Waals surface area contributed by atoms with E-state index in [0.717, 1.165) is 0 Å². The van der Waals surface area contributed by atoms with E-state index in [1.807, 2.05) is 0 Å². The number of rotatable bonds is 3. The highest BCUT2D eigenvalue weighted by molar-refractivity contribution is 4.38. The summed E-state index contributed by atoms with van der Waals surface area (Å²) in [4.78, 5) is 6.16. The summed E-state index contributed by atoms with van der Waals surface area (Å²) >= 11 is 0. The molecule has 0 aliphatic rings. The van der Waals surface area contributed by atoms with Crippen LogP contribution in [-0.4, -0.2) is 12.7 Å². The fraction of sp³-hybridized carbons (Fsp3) is 1.00. The van der Waals surface area contributed by atoms with E-state index in [-0.39, 0.29) is 6.61 Å². The third-order valence-electron chi connectivity index (χ3n) is 0.450. The highest BCUT2D eigenvalue weighted by Crippen LogP contribution is 1.90. The topological polar surface area (TPSA) is 18.5 Å². The van der Waals surface area contributed by atoms with E-state index >= 15 is 0 Å². The summed E-state index contributed by atoms with van der Waals surface area (Å²) in [7, 11) is 0. The van der Waals surface area contributed by atoms with Gasteiger partial charge in [0, 0.05) is 0 Å². The Hall–Kier alpha value is -0.220. The molecule has 4 heteroatoms. The van der Waals surface area contributed by atoms with Gasteiger partial charge in [-0.25, -0.2) is 0 Å². The third kappa shape index (κ3) is 3.61. The normalized spacial score (nSPS) is 14.1. The van der Waals surface area contributed by atoms with Crippen molar-refractivity contribution in [2.75, 3.05) is 6.61 Å². The molecule has 7 heavy (non-hydrogen) atoms. The maximum atomic E-state index is 10.8. The first-order chi connectivity index (χ1) is 3.31. The van der Waals surface area contributed by atoms with E-state index in [0.29, 0.717) is 0 Å². The zero-order valence-electron chi connectivity index (χ0n) is 3.86. The summed E-state index contributed by atoms with van der Waals surface area (Å²) in [6.07, 6.45) is -0.815. The highest BCUT2D eigenvalue weighted by atomic mass is 19.3. The molecular weight excluding hydrogens is 106 g/mol. The van der Waals surface area contributed by atoms with Crippen molar-refractivity contribution < 1.29 is 18.9 Å². The molecule has 2 nitrogen and oxygen atoms in total. The van der Waals surface area contributed by atoms with E-state index in [4.69, 9.17) is 0 Å². The third-order valence-corrected chi connectivity index (χ3v) is 0.450. The van der Waals surface area contributed by atoms with Crippen molar-refractivity contribution in [3.8, 4) is 0 Å². The Bertz CT molecular complexity index is 41.9. The quantitative estimate of drug-likeness (QED) is 0.545. The van der Waals surface area contributed by atoms with Crippen LogP contribution in [0.1, 0.15) is 6.92 Å². The van der Waals surface area contributed by atoms with Crippen LogP contribution in [0.25, 0.3) is 0 Å². The van der Waals surface area contributed by atoms with Gasteiger partial charge in [0.25, 0.3) is 0 Å². The number of hydrogen-bond donors (Lipinski definition) is 0. The first-order valence-corrected chi connectivity index (χ1v) is 1.82. The Balaban J connectivity index is 2.83. The lowest BCUT2D eigenvalue weighted by atomic mass is 10.5. The molecule has 0 saturated heterocycles. The van der Waals surface area contributed by atoms with Crippen molar-refractivity contribution in [3.63, 3.8) is 0 Å². The molecule has 1 unspecified atom stereocenters. The van der Waals surface area contributed by atoms with Crippen LogP contribution in [0.5, 0.6) is 0 Å². The predicted octanol–water partition coefficient (Wildman–Crippen LogP) is 1.18. The molecule has 0 aliphatic carbocycles. The Morgan fingerprint density at radius 3 is 2.29 bits per heavy atom. The van der Waals surface area contributed by atoms with E-state index in [1.54, 1.807) is 0 Å². The molecule has 0 rings (SSSR count). The average molecular weight is 112 g/mol. The number of halogens is 2. The molecule has 0 aromatic heterocycles. The first kappa shape index (κ1) is 6.78. The Morgan fingerprint density at radius 2 is 2.14 bits per heavy atom. The van der Waals surface area contributed by atoms with E-state index < -0.39 is 6.10 Å². The maximum Gasteiger partial charge on any atom is 0.122 e. The van der Waals surface area contributed by atoms with Crippen LogP contribution >= 0.6 is 0 Å². The molecule has 0 radical (unpaired) electrons. The summed E-state index contributed by atoms with van der Waals surface area (Å²) < 4.78 is 21.5. The van der Waals surface area contributed by atoms with E-state index in [9.17, 15) is 9.05 Å². The van der Waals surface area contributed by atoms with Crippen LogP contribution < -0.4 is 0 Å². The van der Waals surface area contributed by atoms with Gasteiger partial charge in [0.1, 0.15) is 12.7 Å². The zero-order valence-corrected chi connectivity index (χ0v) is 3.86. The molecule has 0 amide bonds. The van der Waals surface area contributed by atoms with Gasteiger partial charge in [-0.2, -0.15) is 9.88 Å². The molecule has 0 saturated carbocycles. The molecule has 0 spiro atoms. The SMILES string of the molecule is CC(COF)OF. The van der Waals surface area contributed by atoms with Gasteiger partial charge in [-0.1, -0.05) is 0 Å². The summed E-state index contributed by atoms with van der Waals surface area (Å²) in [5.41, 5.74) is 0. The van der Waals surface area contributed by atoms with Crippen LogP contribution in [0.4, 0.5) is 9.05 Å². The van der Waals surface area contributed by atoms with Crippen molar-refractivity contribution in [3.05, 3.63) is 0 Å². The second-order valence-corrected chi connectivity index (χ2v) is 1.18. The molecular formula is C3H6F2O2. The van der Waals surface area contributed by atoms with Gasteiger partial charge in [-0.05, 0) is 16.0 Å². The van der Waals surface area contributed by atoms with Gasteiger partial charge in [-0.3, -0.25) is 0 Å². The van der Waals surface area contributed by atoms with Gasteiger partial charge < -0.3 is 0 Å². The van der Waals surface area contributed by atoms with Gasteiger partial charge in [-0.15, -0.1) is 0 Å². The zero-order chi connectivity index (χ0) is 5.70. The lowest BCUT2D eigenvalue weighted by Crippen LogP contribution is -2.08. The smallest absolute Gasteiger partial charge is 0.122 e. The lowest BCUT2D eigenvalue weighted by molar-refractivity contribution is -0.228. The monoisotopic (exact) mass is 112 g/mol. The molecule has 0 aliphatic heterocycles. The van der Waals surface area contributed by atoms with Gasteiger partial charge >= 0.3 is 0 Å². The standard InChI is InChI=1S/C3H6F2O2/c1-3(7-5)2-6-4/h3H,2H2,1H3. The van der Waals surface area contributed by atoms with Crippen LogP contribution in [0, 0.1) is 0 Å². The minimum atomic E-state index is -0.815. The molecule has 0 N–H and O–H groups in total. The second kappa shape index (κ2) is 3.95. The summed E-state index contributed by atoms with van der Waals surface area (Å²) in [5.74, 6) is 0. The molecule has 0 aromatic carbocycles. The summed E-state index contributed by atoms with van der Waals surface area (Å²) in [6.45, 7) is 0.982. The first-order valence-electron chi connectivity index (χ1n) is 1.82. The van der Waals surface area contributed by atoms with Gasteiger partial charge in [0.05, 0.1) is 0 Å². The van der Waals surface area contributed by atoms with Crippen molar-refractivity contribution in [2.45, 2.75) is 13.0 Å². The molecule has 0 bridgehead atoms. The largest absolute Gasteiger partial charge is 0.191 e. The highest BCUT2D eigenvalue weighted by Gasteiger charge is 1.99. The minimum absolute atomic E-state index is 0.365. The average Bonchev–Trinajstić information content (AvgIpc) is 1.68. The van der Waals surface area contributed by atoms with Crippen LogP contribution in [0.3, 0.4) is 0 Å². The molecule has 44 valence electrons. The summed E-state index contributed by atoms with van der Waals surface area (Å²) in [5, 5.41) is 0. The van der Waals surface area contributed by atoms with E-state index in [1.165, 1.54) is 6.92 Å². The fourth-order valence-corrected chi connectivity index (χ4v) is 0.114. The summed E-state index contributed by atoms with van der Waals surface area (Å²) in [6, 6.07) is 0. The van der Waals surface area contributed by atoms with Crippen molar-refractivity contribution in [2.24, 2.45) is 0 Å². The Morgan fingerprint density at radius 1 is 1.57 bits per heavy atom. The molecule has 0 heterocycles. The molecule has 1 atom stereocenters. The van der Waals surface area contributed by atoms with Gasteiger partial charge in [0.2, 0.25) is 0 Å². The Labute approximate surface area is 39.8 Å². The van der Waals surface area contributed by atoms with Crippen molar-refractivity contribution in [1.29, 1.82) is 0 Å². The minimum Gasteiger partial charge on any atom is -0.191 e. The molecule has 0 fully saturated rings. The van der Waals surface area contributed by atoms with E-state index in [2.05, 4.69) is 9.88 Å². The van der Waals surface area contributed by atoms with Crippen LogP contribution in [-0.2, 0) is 9.88 Å². The number of hydrogen-bond acceptors (Lipinski definition) is 2. The fourth-order valence-electron chi connectivity index (χ4n) is 0.114. The van der Waals surface area contributed by atoms with Crippen LogP contribution in [0.2, 0.25) is 0 Å². The van der Waals surface area contributed by atoms with Gasteiger partial charge in [0.15, 0.2) is 0 Å². The van der Waals surface area contributed by atoms with Crippen molar-refractivity contribution in [1.82, 2.24) is 0 Å². The Kier molecular flexibility index (Phi) is 3.83. The van der Waals surface area contributed by atoms with Crippen molar-refractivity contribution >= 4 is 0 Å². The van der Waals surface area contributed by atoms with Crippen LogP contribution in [0.15, 0.2) is 0 Å². The maximum absolute atomic E-state index is 10.8.